The Balaban J connectivity index is 1.70. The fourth-order valence-electron chi connectivity index (χ4n) is 3.70. The molecule has 0 bridgehead atoms. The van der Waals surface area contributed by atoms with E-state index in [1.54, 1.807) is 6.92 Å². The van der Waals surface area contributed by atoms with Crippen LogP contribution in [-0.4, -0.2) is 24.1 Å². The van der Waals surface area contributed by atoms with E-state index in [1.807, 2.05) is 36.4 Å². The molecule has 0 spiro atoms. The summed E-state index contributed by atoms with van der Waals surface area (Å²) in [4.78, 5) is 12.0. The molecule has 0 saturated heterocycles. The van der Waals surface area contributed by atoms with Crippen LogP contribution in [0.5, 0.6) is 5.75 Å². The number of carbonyl (C=O) groups excluding carboxylic acids is 1. The van der Waals surface area contributed by atoms with Gasteiger partial charge in [0.2, 0.25) is 0 Å². The monoisotopic (exact) mass is 422 g/mol. The van der Waals surface area contributed by atoms with Gasteiger partial charge < -0.3 is 9.84 Å². The molecule has 160 valence electrons. The molecule has 0 aromatic heterocycles. The minimum atomic E-state index is -0.129. The molecule has 0 amide bonds. The average Bonchev–Trinajstić information content (AvgIpc) is 2.82. The van der Waals surface area contributed by atoms with Gasteiger partial charge in [-0.2, -0.15) is 0 Å². The van der Waals surface area contributed by atoms with E-state index in [4.69, 9.17) is 4.74 Å². The van der Waals surface area contributed by atoms with Crippen LogP contribution in [0, 0.1) is 0 Å². The number of ketones is 1. The highest BCUT2D eigenvalue weighted by molar-refractivity contribution is 5.95. The maximum Gasteiger partial charge on any atom is 0.195 e. The van der Waals surface area contributed by atoms with Gasteiger partial charge in [-0.05, 0) is 70.1 Å². The summed E-state index contributed by atoms with van der Waals surface area (Å²) in [5.41, 5.74) is 5.73. The highest BCUT2D eigenvalue weighted by atomic mass is 16.5. The summed E-state index contributed by atoms with van der Waals surface area (Å²) >= 11 is 0. The van der Waals surface area contributed by atoms with Crippen LogP contribution < -0.4 is 4.74 Å². The lowest BCUT2D eigenvalue weighted by Crippen LogP contribution is -2.12. The SMILES string of the molecule is C=C(C)C(=O)COc1cc(CCO)ccc1-c1ccc2cc(-c3ccccc3)ccc2c1. The van der Waals surface area contributed by atoms with Crippen molar-refractivity contribution < 1.29 is 14.6 Å². The second-order valence-electron chi connectivity index (χ2n) is 7.94. The number of hydrogen-bond donors (Lipinski definition) is 1. The summed E-state index contributed by atoms with van der Waals surface area (Å²) < 4.78 is 5.90. The average molecular weight is 423 g/mol. The number of rotatable bonds is 8. The molecule has 4 rings (SSSR count). The van der Waals surface area contributed by atoms with Crippen molar-refractivity contribution in [2.45, 2.75) is 13.3 Å². The van der Waals surface area contributed by atoms with Crippen LogP contribution in [0.2, 0.25) is 0 Å². The van der Waals surface area contributed by atoms with Gasteiger partial charge in [0, 0.05) is 12.2 Å². The van der Waals surface area contributed by atoms with Crippen LogP contribution in [0.25, 0.3) is 33.0 Å². The maximum absolute atomic E-state index is 12.0. The molecule has 4 aromatic carbocycles. The molecule has 0 radical (unpaired) electrons. The Hall–Kier alpha value is -3.69. The fraction of sp³-hybridized carbons (Fsp3) is 0.138. The third-order valence-corrected chi connectivity index (χ3v) is 5.54. The predicted molar refractivity (Wildman–Crippen MR) is 131 cm³/mol. The van der Waals surface area contributed by atoms with E-state index < -0.39 is 0 Å². The zero-order valence-corrected chi connectivity index (χ0v) is 18.2. The van der Waals surface area contributed by atoms with Crippen LogP contribution >= 0.6 is 0 Å². The van der Waals surface area contributed by atoms with Crippen molar-refractivity contribution in [3.05, 3.63) is 103 Å². The van der Waals surface area contributed by atoms with Gasteiger partial charge in [-0.1, -0.05) is 73.3 Å². The summed E-state index contributed by atoms with van der Waals surface area (Å²) in [5, 5.41) is 11.6. The van der Waals surface area contributed by atoms with Gasteiger partial charge >= 0.3 is 0 Å². The van der Waals surface area contributed by atoms with E-state index in [2.05, 4.69) is 55.1 Å². The molecule has 0 fully saturated rings. The van der Waals surface area contributed by atoms with Gasteiger partial charge in [-0.3, -0.25) is 4.79 Å². The molecule has 3 nitrogen and oxygen atoms in total. The van der Waals surface area contributed by atoms with E-state index >= 15 is 0 Å². The van der Waals surface area contributed by atoms with Crippen molar-refractivity contribution in [2.24, 2.45) is 0 Å². The maximum atomic E-state index is 12.0. The lowest BCUT2D eigenvalue weighted by Gasteiger charge is -2.14. The molecule has 3 heteroatoms. The number of aliphatic hydroxyl groups is 1. The van der Waals surface area contributed by atoms with Crippen LogP contribution in [0.1, 0.15) is 12.5 Å². The van der Waals surface area contributed by atoms with Crippen molar-refractivity contribution in [3.63, 3.8) is 0 Å². The van der Waals surface area contributed by atoms with Crippen LogP contribution in [0.4, 0.5) is 0 Å². The summed E-state index contributed by atoms with van der Waals surface area (Å²) in [6, 6.07) is 29.0. The van der Waals surface area contributed by atoms with Gasteiger partial charge in [-0.25, -0.2) is 0 Å². The normalized spacial score (nSPS) is 10.8. The van der Waals surface area contributed by atoms with Crippen molar-refractivity contribution >= 4 is 16.6 Å². The first kappa shape index (κ1) is 21.5. The van der Waals surface area contributed by atoms with Crippen molar-refractivity contribution in [2.75, 3.05) is 13.2 Å². The minimum Gasteiger partial charge on any atom is -0.485 e. The van der Waals surface area contributed by atoms with E-state index in [0.29, 0.717) is 17.7 Å². The third kappa shape index (κ3) is 4.79. The van der Waals surface area contributed by atoms with Crippen molar-refractivity contribution in [3.8, 4) is 28.0 Å². The van der Waals surface area contributed by atoms with Crippen LogP contribution in [-0.2, 0) is 11.2 Å². The van der Waals surface area contributed by atoms with Crippen LogP contribution in [0.15, 0.2) is 97.1 Å². The van der Waals surface area contributed by atoms with Crippen molar-refractivity contribution in [1.82, 2.24) is 0 Å². The number of fused-ring (bicyclic) bond motifs is 1. The number of hydrogen-bond acceptors (Lipinski definition) is 3. The first-order chi connectivity index (χ1) is 15.5. The highest BCUT2D eigenvalue weighted by Gasteiger charge is 2.12. The van der Waals surface area contributed by atoms with E-state index in [0.717, 1.165) is 27.5 Å². The Morgan fingerprint density at radius 1 is 0.844 bits per heavy atom. The summed E-state index contributed by atoms with van der Waals surface area (Å²) in [5.74, 6) is 0.501. The van der Waals surface area contributed by atoms with Crippen molar-refractivity contribution in [1.29, 1.82) is 0 Å². The zero-order chi connectivity index (χ0) is 22.5. The molecule has 0 heterocycles. The molecule has 0 aliphatic carbocycles. The van der Waals surface area contributed by atoms with E-state index in [9.17, 15) is 9.90 Å². The van der Waals surface area contributed by atoms with Gasteiger partial charge in [-0.15, -0.1) is 0 Å². The number of Topliss-reactive ketones (excluding diaryl/α,β-unsaturated/α-hetero) is 1. The lowest BCUT2D eigenvalue weighted by atomic mass is 9.96. The Bertz CT molecular complexity index is 1270. The minimum absolute atomic E-state index is 0.0566. The summed E-state index contributed by atoms with van der Waals surface area (Å²) in [6.45, 7) is 5.38. The third-order valence-electron chi connectivity index (χ3n) is 5.54. The predicted octanol–water partition coefficient (Wildman–Crippen LogP) is 6.23. The molecule has 0 aliphatic rings. The number of benzene rings is 4. The Labute approximate surface area is 188 Å². The molecular formula is C29H26O3. The molecular weight excluding hydrogens is 396 g/mol. The molecule has 0 unspecified atom stereocenters. The Morgan fingerprint density at radius 2 is 1.53 bits per heavy atom. The zero-order valence-electron chi connectivity index (χ0n) is 18.2. The second-order valence-corrected chi connectivity index (χ2v) is 7.94. The topological polar surface area (TPSA) is 46.5 Å². The molecule has 0 saturated carbocycles. The Morgan fingerprint density at radius 3 is 2.22 bits per heavy atom. The number of ether oxygens (including phenoxy) is 1. The van der Waals surface area contributed by atoms with Gasteiger partial charge in [0.05, 0.1) is 0 Å². The largest absolute Gasteiger partial charge is 0.485 e. The van der Waals surface area contributed by atoms with Gasteiger partial charge in [0.1, 0.15) is 5.75 Å². The molecule has 0 aliphatic heterocycles. The molecule has 1 N–H and O–H groups in total. The molecule has 32 heavy (non-hydrogen) atoms. The van der Waals surface area contributed by atoms with E-state index in [-0.39, 0.29) is 19.0 Å². The van der Waals surface area contributed by atoms with Gasteiger partial charge in [0.25, 0.3) is 0 Å². The quantitative estimate of drug-likeness (QED) is 0.342. The highest BCUT2D eigenvalue weighted by Crippen LogP contribution is 2.34. The van der Waals surface area contributed by atoms with E-state index in [1.165, 1.54) is 11.1 Å². The first-order valence-electron chi connectivity index (χ1n) is 10.7. The smallest absolute Gasteiger partial charge is 0.195 e. The fourth-order valence-corrected chi connectivity index (χ4v) is 3.70. The molecule has 0 atom stereocenters. The summed E-state index contributed by atoms with van der Waals surface area (Å²) in [6.07, 6.45) is 0.533. The lowest BCUT2D eigenvalue weighted by molar-refractivity contribution is -0.117. The first-order valence-corrected chi connectivity index (χ1v) is 10.7. The Kier molecular flexibility index (Phi) is 6.48. The second kappa shape index (κ2) is 9.63. The standard InChI is InChI=1S/C29H26O3/c1-20(2)28(31)19-32-29-16-21(14-15-30)8-13-27(29)26-12-11-24-17-23(9-10-25(24)18-26)22-6-4-3-5-7-22/h3-13,16-18,30H,1,14-15,19H2,2H3. The van der Waals surface area contributed by atoms with Gasteiger partial charge in [0.15, 0.2) is 12.4 Å². The number of aliphatic hydroxyl groups excluding tert-OH is 1. The van der Waals surface area contributed by atoms with Crippen LogP contribution in [0.3, 0.4) is 0 Å². The number of carbonyl (C=O) groups is 1. The molecule has 4 aromatic rings. The summed E-state index contributed by atoms with van der Waals surface area (Å²) in [7, 11) is 0.